The first-order valence-corrected chi connectivity index (χ1v) is 5.24. The van der Waals surface area contributed by atoms with Crippen LogP contribution in [-0.4, -0.2) is 70.9 Å². The summed E-state index contributed by atoms with van der Waals surface area (Å²) >= 11 is 0. The van der Waals surface area contributed by atoms with Crippen molar-refractivity contribution in [3.63, 3.8) is 0 Å². The van der Waals surface area contributed by atoms with Gasteiger partial charge in [0.25, 0.3) is 0 Å². The predicted octanol–water partition coefficient (Wildman–Crippen LogP) is -2.85. The Morgan fingerprint density at radius 2 is 1.81 bits per heavy atom. The van der Waals surface area contributed by atoms with E-state index in [0.29, 0.717) is 13.0 Å². The van der Waals surface area contributed by atoms with Crippen LogP contribution in [0, 0.1) is 0 Å². The van der Waals surface area contributed by atoms with Gasteiger partial charge >= 0.3 is 0 Å². The molecule has 0 radical (unpaired) electrons. The number of aliphatic hydroxyl groups is 4. The van der Waals surface area contributed by atoms with E-state index in [1.165, 1.54) is 0 Å². The van der Waals surface area contributed by atoms with Gasteiger partial charge in [0.2, 0.25) is 0 Å². The molecule has 0 saturated carbocycles. The van der Waals surface area contributed by atoms with E-state index in [4.69, 9.17) is 20.3 Å². The Morgan fingerprint density at radius 3 is 2.38 bits per heavy atom. The molecule has 1 fully saturated rings. The topological polar surface area (TPSA) is 125 Å². The van der Waals surface area contributed by atoms with E-state index >= 15 is 0 Å². The third kappa shape index (κ3) is 3.11. The minimum absolute atomic E-state index is 0.277. The fraction of sp³-hybridized carbons (Fsp3) is 1.00. The molecule has 16 heavy (non-hydrogen) atoms. The van der Waals surface area contributed by atoms with Gasteiger partial charge in [0, 0.05) is 0 Å². The molecule has 1 aliphatic heterocycles. The van der Waals surface area contributed by atoms with Crippen molar-refractivity contribution in [2.24, 2.45) is 5.73 Å². The van der Waals surface area contributed by atoms with E-state index < -0.39 is 37.3 Å². The summed E-state index contributed by atoms with van der Waals surface area (Å²) in [5, 5.41) is 37.4. The summed E-state index contributed by atoms with van der Waals surface area (Å²) in [5.41, 5.74) is 5.27. The van der Waals surface area contributed by atoms with Crippen LogP contribution >= 0.6 is 0 Å². The first-order chi connectivity index (χ1) is 7.61. The third-order valence-electron chi connectivity index (χ3n) is 2.48. The first-order valence-electron chi connectivity index (χ1n) is 5.24. The molecule has 96 valence electrons. The van der Waals surface area contributed by atoms with E-state index in [9.17, 15) is 15.3 Å². The SMILES string of the molecule is NCCCO[C@H]1OC(CO)C(O)C(O)C1O. The summed E-state index contributed by atoms with van der Waals surface area (Å²) in [6.45, 7) is 0.262. The highest BCUT2D eigenvalue weighted by atomic mass is 16.7. The van der Waals surface area contributed by atoms with Crippen LogP contribution in [0.5, 0.6) is 0 Å². The highest BCUT2D eigenvalue weighted by Gasteiger charge is 2.43. The molecule has 0 spiro atoms. The predicted molar refractivity (Wildman–Crippen MR) is 53.4 cm³/mol. The van der Waals surface area contributed by atoms with Crippen molar-refractivity contribution in [2.75, 3.05) is 19.8 Å². The lowest BCUT2D eigenvalue weighted by molar-refractivity contribution is -0.301. The number of aliphatic hydroxyl groups excluding tert-OH is 4. The van der Waals surface area contributed by atoms with Crippen LogP contribution in [0.1, 0.15) is 6.42 Å². The Hall–Kier alpha value is -0.280. The quantitative estimate of drug-likeness (QED) is 0.326. The lowest BCUT2D eigenvalue weighted by Gasteiger charge is -2.39. The Kier molecular flexibility index (Phi) is 5.56. The maximum absolute atomic E-state index is 9.55. The molecule has 1 saturated heterocycles. The van der Waals surface area contributed by atoms with Crippen LogP contribution < -0.4 is 5.73 Å². The third-order valence-corrected chi connectivity index (χ3v) is 2.48. The number of rotatable bonds is 5. The monoisotopic (exact) mass is 237 g/mol. The molecule has 1 rings (SSSR count). The highest BCUT2D eigenvalue weighted by molar-refractivity contribution is 4.88. The smallest absolute Gasteiger partial charge is 0.186 e. The lowest BCUT2D eigenvalue weighted by Crippen LogP contribution is -2.59. The molecule has 7 nitrogen and oxygen atoms in total. The Morgan fingerprint density at radius 1 is 1.12 bits per heavy atom. The number of ether oxygens (including phenoxy) is 2. The first kappa shape index (κ1) is 13.8. The zero-order valence-corrected chi connectivity index (χ0v) is 8.90. The van der Waals surface area contributed by atoms with Crippen molar-refractivity contribution in [1.29, 1.82) is 0 Å². The van der Waals surface area contributed by atoms with E-state index in [-0.39, 0.29) is 6.61 Å². The van der Waals surface area contributed by atoms with Gasteiger partial charge in [-0.15, -0.1) is 0 Å². The molecule has 4 unspecified atom stereocenters. The molecule has 0 bridgehead atoms. The van der Waals surface area contributed by atoms with Crippen LogP contribution in [0.2, 0.25) is 0 Å². The second-order valence-corrected chi connectivity index (χ2v) is 3.71. The molecule has 5 atom stereocenters. The van der Waals surface area contributed by atoms with E-state index in [1.807, 2.05) is 0 Å². The summed E-state index contributed by atoms with van der Waals surface area (Å²) in [6.07, 6.45) is -5.48. The fourth-order valence-electron chi connectivity index (χ4n) is 1.49. The zero-order chi connectivity index (χ0) is 12.1. The molecule has 7 heteroatoms. The Bertz CT molecular complexity index is 202. The van der Waals surface area contributed by atoms with Gasteiger partial charge in [-0.1, -0.05) is 0 Å². The van der Waals surface area contributed by atoms with Gasteiger partial charge in [-0.05, 0) is 13.0 Å². The second-order valence-electron chi connectivity index (χ2n) is 3.71. The van der Waals surface area contributed by atoms with Crippen LogP contribution in [0.15, 0.2) is 0 Å². The molecule has 0 aromatic rings. The van der Waals surface area contributed by atoms with Gasteiger partial charge in [-0.3, -0.25) is 0 Å². The molecule has 1 aliphatic rings. The van der Waals surface area contributed by atoms with Gasteiger partial charge in [0.05, 0.1) is 13.2 Å². The van der Waals surface area contributed by atoms with E-state index in [1.54, 1.807) is 0 Å². The summed E-state index contributed by atoms with van der Waals surface area (Å²) < 4.78 is 10.3. The minimum atomic E-state index is -1.39. The lowest BCUT2D eigenvalue weighted by atomic mass is 9.99. The molecular formula is C9H19NO6. The largest absolute Gasteiger partial charge is 0.394 e. The fourth-order valence-corrected chi connectivity index (χ4v) is 1.49. The maximum atomic E-state index is 9.55. The van der Waals surface area contributed by atoms with Crippen LogP contribution in [0.4, 0.5) is 0 Å². The van der Waals surface area contributed by atoms with Crippen LogP contribution in [0.25, 0.3) is 0 Å². The molecule has 1 heterocycles. The Balaban J connectivity index is 2.50. The minimum Gasteiger partial charge on any atom is -0.394 e. The molecular weight excluding hydrogens is 218 g/mol. The molecule has 0 aromatic carbocycles. The molecule has 0 aromatic heterocycles. The van der Waals surface area contributed by atoms with Crippen molar-refractivity contribution in [1.82, 2.24) is 0 Å². The summed E-state index contributed by atoms with van der Waals surface area (Å²) in [4.78, 5) is 0. The van der Waals surface area contributed by atoms with Gasteiger partial charge in [0.15, 0.2) is 6.29 Å². The summed E-state index contributed by atoms with van der Waals surface area (Å²) in [5.74, 6) is 0. The van der Waals surface area contributed by atoms with Crippen molar-refractivity contribution in [3.8, 4) is 0 Å². The van der Waals surface area contributed by atoms with Crippen molar-refractivity contribution in [2.45, 2.75) is 37.1 Å². The van der Waals surface area contributed by atoms with Crippen molar-refractivity contribution in [3.05, 3.63) is 0 Å². The standard InChI is InChI=1S/C9H19NO6/c10-2-1-3-15-9-8(14)7(13)6(12)5(4-11)16-9/h5-9,11-14H,1-4,10H2/t5?,6?,7?,8?,9-/m0/s1. The number of nitrogens with two attached hydrogens (primary N) is 1. The maximum Gasteiger partial charge on any atom is 0.186 e. The summed E-state index contributed by atoms with van der Waals surface area (Å²) in [6, 6.07) is 0. The van der Waals surface area contributed by atoms with E-state index in [0.717, 1.165) is 0 Å². The zero-order valence-electron chi connectivity index (χ0n) is 8.90. The average Bonchev–Trinajstić information content (AvgIpc) is 2.29. The highest BCUT2D eigenvalue weighted by Crippen LogP contribution is 2.21. The van der Waals surface area contributed by atoms with Crippen molar-refractivity contribution < 1.29 is 29.9 Å². The Labute approximate surface area is 93.4 Å². The normalized spacial score (nSPS) is 39.9. The van der Waals surface area contributed by atoms with Gasteiger partial charge < -0.3 is 35.6 Å². The molecule has 0 aliphatic carbocycles. The van der Waals surface area contributed by atoms with E-state index in [2.05, 4.69) is 0 Å². The van der Waals surface area contributed by atoms with Gasteiger partial charge in [0.1, 0.15) is 24.4 Å². The van der Waals surface area contributed by atoms with Gasteiger partial charge in [-0.25, -0.2) is 0 Å². The number of hydrogen-bond acceptors (Lipinski definition) is 7. The van der Waals surface area contributed by atoms with Crippen LogP contribution in [0.3, 0.4) is 0 Å². The van der Waals surface area contributed by atoms with Crippen LogP contribution in [-0.2, 0) is 9.47 Å². The average molecular weight is 237 g/mol. The van der Waals surface area contributed by atoms with Gasteiger partial charge in [-0.2, -0.15) is 0 Å². The van der Waals surface area contributed by atoms with Crippen molar-refractivity contribution >= 4 is 0 Å². The second kappa shape index (κ2) is 6.45. The summed E-state index contributed by atoms with van der Waals surface area (Å²) in [7, 11) is 0. The molecule has 6 N–H and O–H groups in total. The number of hydrogen-bond donors (Lipinski definition) is 5. The molecule has 0 amide bonds.